The fourth-order valence-electron chi connectivity index (χ4n) is 4.44. The molecule has 1 aliphatic heterocycles. The minimum Gasteiger partial charge on any atom is -0.395 e. The lowest BCUT2D eigenvalue weighted by Gasteiger charge is -2.35. The van der Waals surface area contributed by atoms with Gasteiger partial charge in [-0.2, -0.15) is 0 Å². The van der Waals surface area contributed by atoms with Gasteiger partial charge in [0.25, 0.3) is 0 Å². The van der Waals surface area contributed by atoms with Crippen molar-refractivity contribution in [2.45, 2.75) is 114 Å². The van der Waals surface area contributed by atoms with Crippen molar-refractivity contribution in [3.05, 3.63) is 0 Å². The molecule has 1 rings (SSSR count). The van der Waals surface area contributed by atoms with Crippen molar-refractivity contribution in [1.29, 1.82) is 0 Å². The van der Waals surface area contributed by atoms with Crippen molar-refractivity contribution in [3.63, 3.8) is 0 Å². The Bertz CT molecular complexity index is 341. The number of aliphatic hydroxyl groups is 1. The summed E-state index contributed by atoms with van der Waals surface area (Å²) in [6, 6.07) is 0. The second-order valence-corrected chi connectivity index (χ2v) is 10.2. The van der Waals surface area contributed by atoms with Gasteiger partial charge in [-0.05, 0) is 18.8 Å². The number of hydrogen-bond donors (Lipinski definition) is 1. The maximum Gasteiger partial charge on any atom is 0.0928 e. The summed E-state index contributed by atoms with van der Waals surface area (Å²) in [5.74, 6) is 0.625. The van der Waals surface area contributed by atoms with Crippen LogP contribution in [0.15, 0.2) is 0 Å². The summed E-state index contributed by atoms with van der Waals surface area (Å²) in [5.41, 5.74) is 0. The molecule has 1 aliphatic rings. The van der Waals surface area contributed by atoms with Gasteiger partial charge in [0.15, 0.2) is 0 Å². The first kappa shape index (κ1) is 25.9. The number of rotatable bonds is 16. The second-order valence-electron chi connectivity index (χ2n) is 8.31. The molecule has 4 atom stereocenters. The van der Waals surface area contributed by atoms with E-state index in [-0.39, 0.29) is 11.6 Å². The van der Waals surface area contributed by atoms with Crippen LogP contribution in [-0.2, 0) is 0 Å². The standard InChI is InChI=1S/C22H44Br2N2O/c1-4-6-7-8-9-10-11-12-13-14-15-19(3)22-25(16-5-2)20(23)21(24)26(22)17-18-27/h19-22,27H,4-18H2,1-3H3. The summed E-state index contributed by atoms with van der Waals surface area (Å²) in [5, 5.41) is 9.51. The number of halogens is 2. The van der Waals surface area contributed by atoms with E-state index in [0.717, 1.165) is 19.5 Å². The van der Waals surface area contributed by atoms with Crippen LogP contribution >= 0.6 is 31.9 Å². The van der Waals surface area contributed by atoms with Crippen molar-refractivity contribution >= 4 is 31.9 Å². The van der Waals surface area contributed by atoms with E-state index in [1.165, 1.54) is 70.6 Å². The van der Waals surface area contributed by atoms with E-state index in [2.05, 4.69) is 62.4 Å². The van der Waals surface area contributed by atoms with Gasteiger partial charge in [-0.1, -0.05) is 117 Å². The van der Waals surface area contributed by atoms with Crippen molar-refractivity contribution in [2.75, 3.05) is 19.7 Å². The first-order valence-electron chi connectivity index (χ1n) is 11.5. The van der Waals surface area contributed by atoms with Crippen LogP contribution < -0.4 is 0 Å². The molecule has 162 valence electrons. The third-order valence-corrected chi connectivity index (χ3v) is 8.67. The van der Waals surface area contributed by atoms with Crippen LogP contribution in [0.2, 0.25) is 0 Å². The van der Waals surface area contributed by atoms with Crippen LogP contribution in [0.5, 0.6) is 0 Å². The average molecular weight is 512 g/mol. The number of alkyl halides is 2. The van der Waals surface area contributed by atoms with E-state index in [0.29, 0.717) is 17.0 Å². The molecule has 0 aromatic rings. The van der Waals surface area contributed by atoms with Crippen LogP contribution in [0.25, 0.3) is 0 Å². The summed E-state index contributed by atoms with van der Waals surface area (Å²) in [7, 11) is 0. The predicted octanol–water partition coefficient (Wildman–Crippen LogP) is 6.72. The molecule has 1 heterocycles. The lowest BCUT2D eigenvalue weighted by atomic mass is 9.97. The number of aliphatic hydroxyl groups excluding tert-OH is 1. The maximum absolute atomic E-state index is 9.51. The number of hydrogen-bond acceptors (Lipinski definition) is 3. The van der Waals surface area contributed by atoms with E-state index < -0.39 is 0 Å². The molecule has 3 nitrogen and oxygen atoms in total. The fourth-order valence-corrected chi connectivity index (χ4v) is 5.94. The van der Waals surface area contributed by atoms with Crippen molar-refractivity contribution in [2.24, 2.45) is 5.92 Å². The molecular weight excluding hydrogens is 468 g/mol. The number of unbranched alkanes of at least 4 members (excludes halogenated alkanes) is 9. The molecule has 5 heteroatoms. The summed E-state index contributed by atoms with van der Waals surface area (Å²) in [4.78, 5) is 5.62. The van der Waals surface area contributed by atoms with Gasteiger partial charge in [-0.15, -0.1) is 0 Å². The summed E-state index contributed by atoms with van der Waals surface area (Å²) in [6.07, 6.45) is 16.8. The molecule has 0 aromatic carbocycles. The summed E-state index contributed by atoms with van der Waals surface area (Å²) < 4.78 is 0. The predicted molar refractivity (Wildman–Crippen MR) is 126 cm³/mol. The Morgan fingerprint density at radius 1 is 0.741 bits per heavy atom. The van der Waals surface area contributed by atoms with Crippen molar-refractivity contribution in [3.8, 4) is 0 Å². The van der Waals surface area contributed by atoms with Gasteiger partial charge in [0, 0.05) is 13.1 Å². The average Bonchev–Trinajstić information content (AvgIpc) is 2.89. The molecule has 1 N–H and O–H groups in total. The number of β-amino-alcohol motifs (C(OH)–C–C–N with tert-alkyl or cyclic N) is 1. The van der Waals surface area contributed by atoms with Gasteiger partial charge in [0.05, 0.1) is 22.7 Å². The van der Waals surface area contributed by atoms with Gasteiger partial charge in [0.1, 0.15) is 0 Å². The Kier molecular flexibility index (Phi) is 15.0. The van der Waals surface area contributed by atoms with Crippen LogP contribution in [0, 0.1) is 5.92 Å². The maximum atomic E-state index is 9.51. The molecule has 1 fully saturated rings. The molecular formula is C22H44Br2N2O. The molecule has 1 saturated heterocycles. The topological polar surface area (TPSA) is 26.7 Å². The van der Waals surface area contributed by atoms with Gasteiger partial charge in [-0.3, -0.25) is 9.80 Å². The highest BCUT2D eigenvalue weighted by Gasteiger charge is 2.45. The SMILES string of the molecule is CCCCCCCCCCCCC(C)C1N(CCC)C(Br)C(Br)N1CCO. The highest BCUT2D eigenvalue weighted by Crippen LogP contribution is 2.38. The van der Waals surface area contributed by atoms with Crippen LogP contribution in [0.1, 0.15) is 97.8 Å². The summed E-state index contributed by atoms with van der Waals surface area (Å²) in [6.45, 7) is 9.01. The summed E-state index contributed by atoms with van der Waals surface area (Å²) >= 11 is 7.73. The first-order valence-corrected chi connectivity index (χ1v) is 13.3. The Morgan fingerprint density at radius 3 is 1.70 bits per heavy atom. The lowest BCUT2D eigenvalue weighted by Crippen LogP contribution is -2.46. The van der Waals surface area contributed by atoms with Crippen LogP contribution in [0.3, 0.4) is 0 Å². The van der Waals surface area contributed by atoms with E-state index in [1.54, 1.807) is 0 Å². The normalized spacial score (nSPS) is 25.3. The molecule has 0 amide bonds. The Morgan fingerprint density at radius 2 is 1.22 bits per heavy atom. The quantitative estimate of drug-likeness (QED) is 0.141. The number of nitrogens with zero attached hydrogens (tertiary/aromatic N) is 2. The van der Waals surface area contributed by atoms with E-state index in [4.69, 9.17) is 0 Å². The smallest absolute Gasteiger partial charge is 0.0928 e. The molecule has 0 aromatic heterocycles. The Labute approximate surface area is 185 Å². The largest absolute Gasteiger partial charge is 0.395 e. The van der Waals surface area contributed by atoms with E-state index in [1.807, 2.05) is 0 Å². The Balaban J connectivity index is 2.30. The molecule has 0 radical (unpaired) electrons. The monoisotopic (exact) mass is 510 g/mol. The van der Waals surface area contributed by atoms with E-state index in [9.17, 15) is 5.11 Å². The minimum atomic E-state index is 0.225. The second kappa shape index (κ2) is 15.6. The lowest BCUT2D eigenvalue weighted by molar-refractivity contribution is 0.0632. The zero-order valence-electron chi connectivity index (χ0n) is 18.0. The Hall–Kier alpha value is 0.840. The zero-order valence-corrected chi connectivity index (χ0v) is 21.2. The van der Waals surface area contributed by atoms with Gasteiger partial charge in [-0.25, -0.2) is 0 Å². The van der Waals surface area contributed by atoms with Crippen molar-refractivity contribution < 1.29 is 5.11 Å². The first-order chi connectivity index (χ1) is 13.1. The highest BCUT2D eigenvalue weighted by molar-refractivity contribution is 9.12. The molecule has 0 saturated carbocycles. The van der Waals surface area contributed by atoms with Crippen LogP contribution in [0.4, 0.5) is 0 Å². The fraction of sp³-hybridized carbons (Fsp3) is 1.00. The van der Waals surface area contributed by atoms with E-state index >= 15 is 0 Å². The molecule has 27 heavy (non-hydrogen) atoms. The third kappa shape index (κ3) is 9.02. The zero-order chi connectivity index (χ0) is 20.1. The highest BCUT2D eigenvalue weighted by atomic mass is 79.9. The molecule has 0 aliphatic carbocycles. The molecule has 0 bridgehead atoms. The van der Waals surface area contributed by atoms with Crippen LogP contribution in [-0.4, -0.2) is 50.7 Å². The van der Waals surface area contributed by atoms with Crippen molar-refractivity contribution in [1.82, 2.24) is 9.80 Å². The third-order valence-electron chi connectivity index (χ3n) is 5.90. The van der Waals surface area contributed by atoms with Gasteiger partial charge < -0.3 is 5.11 Å². The molecule has 0 spiro atoms. The molecule has 4 unspecified atom stereocenters. The van der Waals surface area contributed by atoms with Gasteiger partial charge >= 0.3 is 0 Å². The minimum absolute atomic E-state index is 0.225. The van der Waals surface area contributed by atoms with Gasteiger partial charge in [0.2, 0.25) is 0 Å².